The van der Waals surface area contributed by atoms with E-state index in [1.807, 2.05) is 60.7 Å². The SMILES string of the molecule is O=C(OC(c1ccccc1)c1nccc2ccccc12)c1cccc([N+](=O)[O-])c1. The second kappa shape index (κ2) is 7.90. The van der Waals surface area contributed by atoms with Gasteiger partial charge in [-0.15, -0.1) is 0 Å². The molecule has 0 aliphatic rings. The molecule has 0 fully saturated rings. The lowest BCUT2D eigenvalue weighted by Crippen LogP contribution is -2.14. The number of aromatic nitrogens is 1. The number of ether oxygens (including phenoxy) is 1. The highest BCUT2D eigenvalue weighted by molar-refractivity contribution is 5.91. The molecule has 4 rings (SSSR count). The van der Waals surface area contributed by atoms with Crippen LogP contribution in [0.25, 0.3) is 10.8 Å². The van der Waals surface area contributed by atoms with Crippen LogP contribution in [0.3, 0.4) is 0 Å². The Morgan fingerprint density at radius 2 is 1.69 bits per heavy atom. The minimum absolute atomic E-state index is 0.111. The van der Waals surface area contributed by atoms with Gasteiger partial charge in [0.05, 0.1) is 16.2 Å². The van der Waals surface area contributed by atoms with Crippen LogP contribution in [0.1, 0.15) is 27.7 Å². The molecule has 3 aromatic carbocycles. The Hall–Kier alpha value is -4.06. The number of nitro groups is 1. The molecule has 1 heterocycles. The highest BCUT2D eigenvalue weighted by Crippen LogP contribution is 2.31. The first-order chi connectivity index (χ1) is 14.1. The summed E-state index contributed by atoms with van der Waals surface area (Å²) in [5.41, 5.74) is 1.31. The lowest BCUT2D eigenvalue weighted by Gasteiger charge is -2.19. The molecule has 4 aromatic rings. The van der Waals surface area contributed by atoms with Crippen molar-refractivity contribution in [1.82, 2.24) is 4.98 Å². The number of hydrogen-bond donors (Lipinski definition) is 0. The number of carbonyl (C=O) groups excluding carboxylic acids is 1. The van der Waals surface area contributed by atoms with Crippen LogP contribution < -0.4 is 0 Å². The Kier molecular flexibility index (Phi) is 4.99. The van der Waals surface area contributed by atoms with E-state index in [-0.39, 0.29) is 11.3 Å². The Morgan fingerprint density at radius 3 is 2.48 bits per heavy atom. The second-order valence-electron chi connectivity index (χ2n) is 6.42. The average Bonchev–Trinajstić information content (AvgIpc) is 2.77. The number of fused-ring (bicyclic) bond motifs is 1. The maximum Gasteiger partial charge on any atom is 0.339 e. The fourth-order valence-electron chi connectivity index (χ4n) is 3.18. The molecule has 0 radical (unpaired) electrons. The number of rotatable bonds is 5. The summed E-state index contributed by atoms with van der Waals surface area (Å²) in [6, 6.07) is 24.4. The summed E-state index contributed by atoms with van der Waals surface area (Å²) in [6.07, 6.45) is 0.920. The van der Waals surface area contributed by atoms with Crippen molar-refractivity contribution in [3.63, 3.8) is 0 Å². The number of non-ortho nitro benzene ring substituents is 1. The second-order valence-corrected chi connectivity index (χ2v) is 6.42. The molecule has 0 aliphatic carbocycles. The smallest absolute Gasteiger partial charge is 0.339 e. The van der Waals surface area contributed by atoms with Crippen LogP contribution in [0.4, 0.5) is 5.69 Å². The van der Waals surface area contributed by atoms with E-state index in [0.717, 1.165) is 16.3 Å². The van der Waals surface area contributed by atoms with E-state index in [0.29, 0.717) is 5.69 Å². The molecular weight excluding hydrogens is 368 g/mol. The normalized spacial score (nSPS) is 11.7. The summed E-state index contributed by atoms with van der Waals surface area (Å²) >= 11 is 0. The zero-order valence-corrected chi connectivity index (χ0v) is 15.3. The molecule has 0 saturated heterocycles. The van der Waals surface area contributed by atoms with Crippen molar-refractivity contribution in [3.8, 4) is 0 Å². The van der Waals surface area contributed by atoms with Gasteiger partial charge in [-0.05, 0) is 23.1 Å². The molecule has 6 heteroatoms. The average molecular weight is 384 g/mol. The summed E-state index contributed by atoms with van der Waals surface area (Å²) in [5.74, 6) is -0.655. The van der Waals surface area contributed by atoms with E-state index < -0.39 is 17.0 Å². The van der Waals surface area contributed by atoms with Crippen LogP contribution in [0.2, 0.25) is 0 Å². The van der Waals surface area contributed by atoms with Gasteiger partial charge in [-0.2, -0.15) is 0 Å². The maximum atomic E-state index is 12.8. The molecule has 6 nitrogen and oxygen atoms in total. The quantitative estimate of drug-likeness (QED) is 0.272. The van der Waals surface area contributed by atoms with E-state index in [1.165, 1.54) is 24.3 Å². The van der Waals surface area contributed by atoms with Gasteiger partial charge in [0.25, 0.3) is 5.69 Å². The van der Waals surface area contributed by atoms with Crippen molar-refractivity contribution < 1.29 is 14.5 Å². The predicted molar refractivity (Wildman–Crippen MR) is 109 cm³/mol. The number of pyridine rings is 1. The highest BCUT2D eigenvalue weighted by Gasteiger charge is 2.24. The molecule has 1 aromatic heterocycles. The largest absolute Gasteiger partial charge is 0.447 e. The third-order valence-electron chi connectivity index (χ3n) is 4.57. The van der Waals surface area contributed by atoms with Gasteiger partial charge in [0.2, 0.25) is 0 Å². The fourth-order valence-corrected chi connectivity index (χ4v) is 3.18. The lowest BCUT2D eigenvalue weighted by atomic mass is 10.0. The van der Waals surface area contributed by atoms with Gasteiger partial charge >= 0.3 is 5.97 Å². The first kappa shape index (κ1) is 18.3. The van der Waals surface area contributed by atoms with E-state index >= 15 is 0 Å². The number of hydrogen-bond acceptors (Lipinski definition) is 5. The Bertz CT molecular complexity index is 1190. The van der Waals surface area contributed by atoms with Crippen molar-refractivity contribution in [2.45, 2.75) is 6.10 Å². The number of esters is 1. The van der Waals surface area contributed by atoms with Crippen LogP contribution in [0.5, 0.6) is 0 Å². The summed E-state index contributed by atoms with van der Waals surface area (Å²) in [4.78, 5) is 27.8. The van der Waals surface area contributed by atoms with Crippen LogP contribution >= 0.6 is 0 Å². The third kappa shape index (κ3) is 3.82. The Balaban J connectivity index is 1.77. The molecule has 0 saturated carbocycles. The zero-order chi connectivity index (χ0) is 20.2. The summed E-state index contributed by atoms with van der Waals surface area (Å²) in [5, 5.41) is 12.9. The van der Waals surface area contributed by atoms with Gasteiger partial charge in [-0.25, -0.2) is 4.79 Å². The van der Waals surface area contributed by atoms with Crippen LogP contribution in [-0.2, 0) is 4.74 Å². The summed E-state index contributed by atoms with van der Waals surface area (Å²) < 4.78 is 5.83. The van der Waals surface area contributed by atoms with Gasteiger partial charge in [-0.3, -0.25) is 15.1 Å². The van der Waals surface area contributed by atoms with Crippen molar-refractivity contribution in [1.29, 1.82) is 0 Å². The maximum absolute atomic E-state index is 12.8. The third-order valence-corrected chi connectivity index (χ3v) is 4.57. The Labute approximate surface area is 166 Å². The van der Waals surface area contributed by atoms with Gasteiger partial charge in [0.15, 0.2) is 6.10 Å². The van der Waals surface area contributed by atoms with Gasteiger partial charge in [0, 0.05) is 23.7 Å². The molecule has 0 amide bonds. The Morgan fingerprint density at radius 1 is 0.931 bits per heavy atom. The minimum atomic E-state index is -0.755. The molecule has 0 spiro atoms. The summed E-state index contributed by atoms with van der Waals surface area (Å²) in [6.45, 7) is 0. The standard InChI is InChI=1S/C23H16N2O4/c26-23(18-10-6-11-19(15-18)25(27)28)29-22(17-8-2-1-3-9-17)21-20-12-5-4-7-16(20)13-14-24-21/h1-15,22H. The zero-order valence-electron chi connectivity index (χ0n) is 15.3. The molecule has 0 aliphatic heterocycles. The molecule has 0 N–H and O–H groups in total. The van der Waals surface area contributed by atoms with E-state index in [2.05, 4.69) is 4.98 Å². The fraction of sp³-hybridized carbons (Fsp3) is 0.0435. The number of nitro benzene ring substituents is 1. The molecule has 1 atom stereocenters. The van der Waals surface area contributed by atoms with Crippen LogP contribution in [0, 0.1) is 10.1 Å². The van der Waals surface area contributed by atoms with Crippen molar-refractivity contribution in [3.05, 3.63) is 118 Å². The van der Waals surface area contributed by atoms with Gasteiger partial charge in [0.1, 0.15) is 0 Å². The number of carbonyl (C=O) groups is 1. The van der Waals surface area contributed by atoms with Gasteiger partial charge < -0.3 is 4.74 Å². The predicted octanol–water partition coefficient (Wildman–Crippen LogP) is 5.09. The van der Waals surface area contributed by atoms with Crippen molar-refractivity contribution in [2.75, 3.05) is 0 Å². The van der Waals surface area contributed by atoms with E-state index in [9.17, 15) is 14.9 Å². The van der Waals surface area contributed by atoms with Gasteiger partial charge in [-0.1, -0.05) is 60.7 Å². The molecule has 142 valence electrons. The van der Waals surface area contributed by atoms with Crippen LogP contribution in [-0.4, -0.2) is 15.9 Å². The molecule has 0 bridgehead atoms. The molecule has 1 unspecified atom stereocenters. The van der Waals surface area contributed by atoms with E-state index in [4.69, 9.17) is 4.74 Å². The monoisotopic (exact) mass is 384 g/mol. The number of benzene rings is 3. The minimum Gasteiger partial charge on any atom is -0.447 e. The summed E-state index contributed by atoms with van der Waals surface area (Å²) in [7, 11) is 0. The van der Waals surface area contributed by atoms with Crippen molar-refractivity contribution >= 4 is 22.4 Å². The highest BCUT2D eigenvalue weighted by atomic mass is 16.6. The number of nitrogens with zero attached hydrogens (tertiary/aromatic N) is 2. The van der Waals surface area contributed by atoms with Crippen LogP contribution in [0.15, 0.2) is 91.1 Å². The van der Waals surface area contributed by atoms with Crippen molar-refractivity contribution in [2.24, 2.45) is 0 Å². The first-order valence-corrected chi connectivity index (χ1v) is 8.97. The molecule has 29 heavy (non-hydrogen) atoms. The topological polar surface area (TPSA) is 82.3 Å². The first-order valence-electron chi connectivity index (χ1n) is 8.97. The van der Waals surface area contributed by atoms with E-state index in [1.54, 1.807) is 6.20 Å². The molecular formula is C23H16N2O4. The lowest BCUT2D eigenvalue weighted by molar-refractivity contribution is -0.384.